The van der Waals surface area contributed by atoms with Crippen LogP contribution in [0.5, 0.6) is 5.75 Å². The molecule has 6 unspecified atom stereocenters. The Bertz CT molecular complexity index is 1190. The van der Waals surface area contributed by atoms with Crippen LogP contribution in [-0.2, 0) is 21.4 Å². The quantitative estimate of drug-likeness (QED) is 0.323. The van der Waals surface area contributed by atoms with Gasteiger partial charge in [-0.05, 0) is 103 Å². The van der Waals surface area contributed by atoms with Crippen molar-refractivity contribution in [3.05, 3.63) is 39.9 Å². The molecule has 2 aromatic rings. The van der Waals surface area contributed by atoms with Gasteiger partial charge in [-0.3, -0.25) is 4.79 Å². The molecule has 3 aliphatic rings. The summed E-state index contributed by atoms with van der Waals surface area (Å²) in [4.78, 5) is 18.3. The maximum Gasteiger partial charge on any atom is 0.226 e. The fourth-order valence-electron chi connectivity index (χ4n) is 8.36. The molecule has 3 N–H and O–H groups in total. The molecule has 1 heterocycles. The summed E-state index contributed by atoms with van der Waals surface area (Å²) in [6.45, 7) is 12.7. The van der Waals surface area contributed by atoms with Gasteiger partial charge in [-0.25, -0.2) is 4.98 Å². The Morgan fingerprint density at radius 1 is 1.28 bits per heavy atom. The average molecular weight is 554 g/mol. The summed E-state index contributed by atoms with van der Waals surface area (Å²) in [5.74, 6) is 2.74. The number of hydrogen-bond donors (Lipinski definition) is 3. The van der Waals surface area contributed by atoms with Crippen molar-refractivity contribution in [3.8, 4) is 5.75 Å². The Hall–Kier alpha value is -1.96. The van der Waals surface area contributed by atoms with Gasteiger partial charge in [0.15, 0.2) is 5.13 Å². The van der Waals surface area contributed by atoms with Gasteiger partial charge in [0.2, 0.25) is 5.91 Å². The Kier molecular flexibility index (Phi) is 8.16. The molecule has 0 saturated heterocycles. The molecule has 0 spiro atoms. The number of carbonyl (C=O) groups is 1. The van der Waals surface area contributed by atoms with Gasteiger partial charge in [-0.15, -0.1) is 11.3 Å². The molecule has 1 amide bonds. The van der Waals surface area contributed by atoms with E-state index in [4.69, 9.17) is 4.74 Å². The van der Waals surface area contributed by atoms with E-state index in [2.05, 4.69) is 55.4 Å². The minimum Gasteiger partial charge on any atom is -0.508 e. The number of aryl methyl sites for hydroxylation is 2. The zero-order valence-electron chi connectivity index (χ0n) is 24.6. The average Bonchev–Trinajstić information content (AvgIpc) is 3.41. The van der Waals surface area contributed by atoms with Crippen molar-refractivity contribution in [1.82, 2.24) is 10.3 Å². The van der Waals surface area contributed by atoms with Gasteiger partial charge in [0.25, 0.3) is 0 Å². The summed E-state index contributed by atoms with van der Waals surface area (Å²) < 4.78 is 5.37. The number of ether oxygens (including phenoxy) is 1. The molecule has 1 aromatic carbocycles. The van der Waals surface area contributed by atoms with E-state index < -0.39 is 0 Å². The third-order valence-electron chi connectivity index (χ3n) is 10.1. The van der Waals surface area contributed by atoms with Gasteiger partial charge in [0.1, 0.15) is 5.75 Å². The van der Waals surface area contributed by atoms with Gasteiger partial charge in [0, 0.05) is 37.2 Å². The number of methoxy groups -OCH3 is 1. The molecule has 0 bridgehead atoms. The van der Waals surface area contributed by atoms with E-state index in [0.29, 0.717) is 47.0 Å². The first kappa shape index (κ1) is 28.6. The van der Waals surface area contributed by atoms with E-state index in [1.165, 1.54) is 35.3 Å². The van der Waals surface area contributed by atoms with Crippen LogP contribution in [0.2, 0.25) is 0 Å². The molecule has 2 saturated carbocycles. The van der Waals surface area contributed by atoms with Crippen LogP contribution < -0.4 is 10.6 Å². The normalized spacial score (nSPS) is 29.9. The number of hydrogen-bond acceptors (Lipinski definition) is 6. The first-order chi connectivity index (χ1) is 18.5. The van der Waals surface area contributed by atoms with E-state index in [1.54, 1.807) is 7.11 Å². The lowest BCUT2D eigenvalue weighted by atomic mass is 9.53. The lowest BCUT2D eigenvalue weighted by molar-refractivity contribution is -0.116. The Labute approximate surface area is 238 Å². The Morgan fingerprint density at radius 2 is 2.08 bits per heavy atom. The number of rotatable bonds is 8. The number of phenolic OH excluding ortho intramolecular Hbond substituents is 1. The molecule has 0 aliphatic heterocycles. The fourth-order valence-corrected chi connectivity index (χ4v) is 9.04. The van der Waals surface area contributed by atoms with Gasteiger partial charge in [-0.1, -0.05) is 33.8 Å². The second-order valence-electron chi connectivity index (χ2n) is 13.6. The number of aromatic hydroxyl groups is 1. The van der Waals surface area contributed by atoms with E-state index in [-0.39, 0.29) is 16.7 Å². The largest absolute Gasteiger partial charge is 0.508 e. The molecule has 6 nitrogen and oxygen atoms in total. The number of aromatic nitrogens is 1. The van der Waals surface area contributed by atoms with Crippen LogP contribution >= 0.6 is 11.3 Å². The molecular weight excluding hydrogens is 506 g/mol. The lowest BCUT2D eigenvalue weighted by Crippen LogP contribution is -2.49. The van der Waals surface area contributed by atoms with Crippen LogP contribution in [-0.4, -0.2) is 42.3 Å². The smallest absolute Gasteiger partial charge is 0.226 e. The van der Waals surface area contributed by atoms with Gasteiger partial charge in [0.05, 0.1) is 6.61 Å². The molecule has 214 valence electrons. The van der Waals surface area contributed by atoms with Crippen molar-refractivity contribution in [2.75, 3.05) is 25.6 Å². The summed E-state index contributed by atoms with van der Waals surface area (Å²) in [7, 11) is 1.76. The number of anilines is 1. The zero-order chi connectivity index (χ0) is 27.9. The van der Waals surface area contributed by atoms with Gasteiger partial charge >= 0.3 is 0 Å². The maximum atomic E-state index is 12.9. The SMILES string of the molecule is COCCNC1CC(CCC(=O)Nc2ncc(C)s2)C2C3CCc4cc(O)c(C(C)(C)C)cc4C3CCC12C. The van der Waals surface area contributed by atoms with Gasteiger partial charge in [-0.2, -0.15) is 0 Å². The maximum absolute atomic E-state index is 12.9. The van der Waals surface area contributed by atoms with Crippen LogP contribution in [0.15, 0.2) is 18.3 Å². The fraction of sp³-hybridized carbons (Fsp3) is 0.688. The van der Waals surface area contributed by atoms with Crippen molar-refractivity contribution < 1.29 is 14.6 Å². The molecule has 5 rings (SSSR count). The van der Waals surface area contributed by atoms with Crippen molar-refractivity contribution in [2.24, 2.45) is 23.2 Å². The van der Waals surface area contributed by atoms with E-state index >= 15 is 0 Å². The van der Waals surface area contributed by atoms with Crippen LogP contribution in [0.4, 0.5) is 5.13 Å². The molecule has 2 fully saturated rings. The number of nitrogens with zero attached hydrogens (tertiary/aromatic N) is 1. The third kappa shape index (κ3) is 5.64. The summed E-state index contributed by atoms with van der Waals surface area (Å²) in [6, 6.07) is 4.84. The monoisotopic (exact) mass is 553 g/mol. The highest BCUT2D eigenvalue weighted by atomic mass is 32.1. The Morgan fingerprint density at radius 3 is 2.77 bits per heavy atom. The minimum absolute atomic E-state index is 0.0773. The second-order valence-corrected chi connectivity index (χ2v) is 14.8. The number of phenols is 1. The molecular formula is C32H47N3O3S. The van der Waals surface area contributed by atoms with Crippen molar-refractivity contribution in [1.29, 1.82) is 0 Å². The van der Waals surface area contributed by atoms with Crippen LogP contribution in [0, 0.1) is 30.1 Å². The number of nitrogens with one attached hydrogen (secondary N) is 2. The van der Waals surface area contributed by atoms with Crippen LogP contribution in [0.1, 0.15) is 93.7 Å². The molecule has 7 heteroatoms. The van der Waals surface area contributed by atoms with Crippen molar-refractivity contribution in [3.63, 3.8) is 0 Å². The topological polar surface area (TPSA) is 83.5 Å². The molecule has 6 atom stereocenters. The van der Waals surface area contributed by atoms with E-state index in [1.807, 2.05) is 13.1 Å². The number of thiazole rings is 1. The summed E-state index contributed by atoms with van der Waals surface area (Å²) in [6.07, 6.45) is 8.96. The molecule has 1 aromatic heterocycles. The number of amides is 1. The van der Waals surface area contributed by atoms with E-state index in [9.17, 15) is 9.90 Å². The number of fused-ring (bicyclic) bond motifs is 5. The highest BCUT2D eigenvalue weighted by Crippen LogP contribution is 2.63. The van der Waals surface area contributed by atoms with Crippen molar-refractivity contribution in [2.45, 2.75) is 96.9 Å². The summed E-state index contributed by atoms with van der Waals surface area (Å²) in [5.41, 5.74) is 4.00. The van der Waals surface area contributed by atoms with Gasteiger partial charge < -0.3 is 20.5 Å². The van der Waals surface area contributed by atoms with Crippen LogP contribution in [0.3, 0.4) is 0 Å². The molecule has 0 radical (unpaired) electrons. The first-order valence-electron chi connectivity index (χ1n) is 14.8. The standard InChI is InChI=1S/C32H47N3O3S/c1-19-18-34-30(39-19)35-28(37)10-8-21-16-27(33-13-14-38-6)32(5)12-11-22-23(29(21)32)9-7-20-15-26(36)25(17-24(20)22)31(2,3)4/h15,17-18,21-23,27,29,33,36H,7-14,16H2,1-6H3,(H,34,35,37). The van der Waals surface area contributed by atoms with E-state index in [0.717, 1.165) is 49.3 Å². The zero-order valence-corrected chi connectivity index (χ0v) is 25.4. The van der Waals surface area contributed by atoms with Crippen molar-refractivity contribution >= 4 is 22.4 Å². The van der Waals surface area contributed by atoms with Crippen LogP contribution in [0.25, 0.3) is 0 Å². The number of benzene rings is 1. The second kappa shape index (κ2) is 11.1. The third-order valence-corrected chi connectivity index (χ3v) is 10.9. The highest BCUT2D eigenvalue weighted by Gasteiger charge is 2.58. The Balaban J connectivity index is 1.40. The lowest BCUT2D eigenvalue weighted by Gasteiger charge is -2.52. The number of carbonyl (C=O) groups excluding carboxylic acids is 1. The summed E-state index contributed by atoms with van der Waals surface area (Å²) >= 11 is 1.53. The first-order valence-corrected chi connectivity index (χ1v) is 15.6. The predicted molar refractivity (Wildman–Crippen MR) is 159 cm³/mol. The minimum atomic E-state index is -0.0924. The highest BCUT2D eigenvalue weighted by molar-refractivity contribution is 7.15. The summed E-state index contributed by atoms with van der Waals surface area (Å²) in [5, 5.41) is 18.4. The molecule has 3 aliphatic carbocycles. The predicted octanol–water partition coefficient (Wildman–Crippen LogP) is 6.56. The molecule has 39 heavy (non-hydrogen) atoms.